The highest BCUT2D eigenvalue weighted by atomic mass is 28.4. The van der Waals surface area contributed by atoms with Crippen LogP contribution in [0, 0.1) is 0 Å². The maximum absolute atomic E-state index is 12.2. The number of ketones is 1. The molecule has 0 amide bonds. The van der Waals surface area contributed by atoms with Crippen LogP contribution in [-0.4, -0.2) is 36.9 Å². The van der Waals surface area contributed by atoms with Crippen molar-refractivity contribution in [2.45, 2.75) is 25.8 Å². The van der Waals surface area contributed by atoms with E-state index in [4.69, 9.17) is 9.53 Å². The number of hydrogen-bond donors (Lipinski definition) is 2. The molecule has 0 aromatic heterocycles. The van der Waals surface area contributed by atoms with Crippen LogP contribution in [-0.2, 0) is 14.0 Å². The zero-order valence-electron chi connectivity index (χ0n) is 15.7. The van der Waals surface area contributed by atoms with Crippen molar-refractivity contribution in [3.05, 3.63) is 72.5 Å². The third-order valence-electron chi connectivity index (χ3n) is 4.36. The summed E-state index contributed by atoms with van der Waals surface area (Å²) in [7, 11) is -2.87. The number of carbonyl (C=O) groups excluding carboxylic acids is 1. The van der Waals surface area contributed by atoms with Gasteiger partial charge in [0.2, 0.25) is 5.76 Å². The summed E-state index contributed by atoms with van der Waals surface area (Å²) in [6, 6.07) is 19.6. The van der Waals surface area contributed by atoms with E-state index in [0.29, 0.717) is 6.08 Å². The van der Waals surface area contributed by atoms with E-state index in [1.165, 1.54) is 0 Å². The Morgan fingerprint density at radius 3 is 1.74 bits per heavy atom. The summed E-state index contributed by atoms with van der Waals surface area (Å²) in [5, 5.41) is 19.8. The lowest BCUT2D eigenvalue weighted by atomic mass is 10.2. The summed E-state index contributed by atoms with van der Waals surface area (Å²) in [5.41, 5.74) is 0. The molecule has 0 aliphatic carbocycles. The smallest absolute Gasteiger partial charge is 0.371 e. The maximum atomic E-state index is 12.2. The van der Waals surface area contributed by atoms with E-state index in [0.717, 1.165) is 10.4 Å². The number of carboxylic acids is 1. The van der Waals surface area contributed by atoms with Gasteiger partial charge in [-0.1, -0.05) is 81.4 Å². The van der Waals surface area contributed by atoms with Crippen LogP contribution >= 0.6 is 0 Å². The third kappa shape index (κ3) is 4.53. The van der Waals surface area contributed by atoms with Crippen LogP contribution < -0.4 is 10.4 Å². The van der Waals surface area contributed by atoms with Gasteiger partial charge in [-0.2, -0.15) is 0 Å². The van der Waals surface area contributed by atoms with Crippen LogP contribution in [0.25, 0.3) is 0 Å². The molecule has 0 saturated heterocycles. The second-order valence-corrected chi connectivity index (χ2v) is 11.6. The van der Waals surface area contributed by atoms with Crippen molar-refractivity contribution in [3.63, 3.8) is 0 Å². The first-order chi connectivity index (χ1) is 12.7. The molecule has 0 saturated carbocycles. The minimum Gasteiger partial charge on any atom is -0.502 e. The van der Waals surface area contributed by atoms with Crippen molar-refractivity contribution >= 4 is 30.4 Å². The Kier molecular flexibility index (Phi) is 6.35. The summed E-state index contributed by atoms with van der Waals surface area (Å²) in [4.78, 5) is 22.9. The van der Waals surface area contributed by atoms with Gasteiger partial charge in [-0.15, -0.1) is 0 Å². The fourth-order valence-electron chi connectivity index (χ4n) is 3.20. The molecule has 6 heteroatoms. The molecule has 0 bridgehead atoms. The van der Waals surface area contributed by atoms with E-state index in [1.807, 2.05) is 60.7 Å². The fraction of sp³-hybridized carbons (Fsp3) is 0.238. The molecular weight excluding hydrogens is 360 g/mol. The van der Waals surface area contributed by atoms with E-state index >= 15 is 0 Å². The van der Waals surface area contributed by atoms with Gasteiger partial charge in [-0.25, -0.2) is 4.79 Å². The van der Waals surface area contributed by atoms with Crippen LogP contribution in [0.15, 0.2) is 72.5 Å². The Morgan fingerprint density at radius 2 is 1.37 bits per heavy atom. The Hall–Kier alpha value is -2.70. The molecule has 0 atom stereocenters. The summed E-state index contributed by atoms with van der Waals surface area (Å²) >= 11 is 0. The molecule has 27 heavy (non-hydrogen) atoms. The van der Waals surface area contributed by atoms with Gasteiger partial charge in [0.05, 0.1) is 6.61 Å². The summed E-state index contributed by atoms with van der Waals surface area (Å²) in [6.07, 6.45) is 0.695. The van der Waals surface area contributed by atoms with Gasteiger partial charge in [-0.3, -0.25) is 4.79 Å². The topological polar surface area (TPSA) is 83.8 Å². The van der Waals surface area contributed by atoms with E-state index in [9.17, 15) is 14.7 Å². The normalized spacial score (nSPS) is 12.6. The highest BCUT2D eigenvalue weighted by Gasteiger charge is 2.50. The molecule has 2 aromatic carbocycles. The summed E-state index contributed by atoms with van der Waals surface area (Å²) in [6.45, 7) is 5.92. The molecule has 0 aliphatic rings. The Labute approximate surface area is 160 Å². The minimum absolute atomic E-state index is 0.297. The lowest BCUT2D eigenvalue weighted by molar-refractivity contribution is -0.136. The van der Waals surface area contributed by atoms with Crippen molar-refractivity contribution in [3.8, 4) is 0 Å². The number of aliphatic hydroxyl groups excluding tert-OH is 1. The molecule has 0 spiro atoms. The zero-order valence-corrected chi connectivity index (χ0v) is 16.7. The first kappa shape index (κ1) is 20.6. The van der Waals surface area contributed by atoms with Crippen LogP contribution in [0.1, 0.15) is 20.8 Å². The van der Waals surface area contributed by atoms with Crippen LogP contribution in [0.2, 0.25) is 5.04 Å². The lowest BCUT2D eigenvalue weighted by Gasteiger charge is -2.42. The third-order valence-corrected chi connectivity index (χ3v) is 9.35. The molecular formula is C21H24O5Si. The van der Waals surface area contributed by atoms with Crippen molar-refractivity contribution < 1.29 is 24.2 Å². The molecule has 0 fully saturated rings. The first-order valence-corrected chi connectivity index (χ1v) is 10.5. The molecule has 142 valence electrons. The quantitative estimate of drug-likeness (QED) is 0.436. The largest absolute Gasteiger partial charge is 0.502 e. The predicted molar refractivity (Wildman–Crippen MR) is 107 cm³/mol. The van der Waals surface area contributed by atoms with Gasteiger partial charge in [0, 0.05) is 6.08 Å². The number of benzene rings is 2. The Morgan fingerprint density at radius 1 is 0.926 bits per heavy atom. The van der Waals surface area contributed by atoms with Crippen LogP contribution in [0.4, 0.5) is 0 Å². The van der Waals surface area contributed by atoms with Crippen LogP contribution in [0.3, 0.4) is 0 Å². The molecule has 2 rings (SSSR count). The molecule has 2 N–H and O–H groups in total. The van der Waals surface area contributed by atoms with E-state index in [2.05, 4.69) is 20.8 Å². The summed E-state index contributed by atoms with van der Waals surface area (Å²) < 4.78 is 6.35. The number of rotatable bonds is 7. The van der Waals surface area contributed by atoms with E-state index in [1.54, 1.807) is 0 Å². The standard InChI is InChI=1S/C21H24O5Si/c1-21(2,3)27(17-10-6-4-7-11-17,18-12-8-5-9-13-18)26-15-16(22)14-19(23)20(24)25/h4-14,23H,15H2,1-3H3,(H,24,25)/b19-14-. The molecule has 0 unspecified atom stereocenters. The zero-order chi connectivity index (χ0) is 20.1. The average molecular weight is 385 g/mol. The van der Waals surface area contributed by atoms with Gasteiger partial charge < -0.3 is 14.6 Å². The molecule has 0 aliphatic heterocycles. The second kappa shape index (κ2) is 8.33. The Bertz CT molecular complexity index is 783. The van der Waals surface area contributed by atoms with Crippen molar-refractivity contribution in [1.29, 1.82) is 0 Å². The van der Waals surface area contributed by atoms with E-state index < -0.39 is 25.8 Å². The SMILES string of the molecule is CC(C)(C)[Si](OCC(=O)/C=C(\O)C(=O)O)(c1ccccc1)c1ccccc1. The molecule has 0 radical (unpaired) electrons. The van der Waals surface area contributed by atoms with Crippen LogP contribution in [0.5, 0.6) is 0 Å². The molecule has 2 aromatic rings. The van der Waals surface area contributed by atoms with Crippen molar-refractivity contribution in [1.82, 2.24) is 0 Å². The lowest BCUT2D eigenvalue weighted by Crippen LogP contribution is -2.66. The number of carboxylic acid groups (broad SMARTS) is 1. The van der Waals surface area contributed by atoms with Gasteiger partial charge >= 0.3 is 5.97 Å². The molecule has 0 heterocycles. The Balaban J connectivity index is 2.52. The van der Waals surface area contributed by atoms with Gasteiger partial charge in [0.25, 0.3) is 8.32 Å². The van der Waals surface area contributed by atoms with Gasteiger partial charge in [-0.05, 0) is 15.4 Å². The first-order valence-electron chi connectivity index (χ1n) is 8.60. The second-order valence-electron chi connectivity index (χ2n) is 7.25. The molecule has 5 nitrogen and oxygen atoms in total. The van der Waals surface area contributed by atoms with Gasteiger partial charge in [0.15, 0.2) is 5.78 Å². The highest BCUT2D eigenvalue weighted by Crippen LogP contribution is 2.36. The van der Waals surface area contributed by atoms with Gasteiger partial charge in [0.1, 0.15) is 0 Å². The predicted octanol–water partition coefficient (Wildman–Crippen LogP) is 2.66. The monoisotopic (exact) mass is 384 g/mol. The van der Waals surface area contributed by atoms with Crippen molar-refractivity contribution in [2.75, 3.05) is 6.61 Å². The number of carbonyl (C=O) groups is 2. The van der Waals surface area contributed by atoms with Crippen molar-refractivity contribution in [2.24, 2.45) is 0 Å². The number of aliphatic hydroxyl groups is 1. The fourth-order valence-corrected chi connectivity index (χ4v) is 7.71. The maximum Gasteiger partial charge on any atom is 0.371 e. The number of hydrogen-bond acceptors (Lipinski definition) is 4. The summed E-state index contributed by atoms with van der Waals surface area (Å²) in [5.74, 6) is -3.14. The average Bonchev–Trinajstić information content (AvgIpc) is 2.62. The minimum atomic E-state index is -2.87. The highest BCUT2D eigenvalue weighted by molar-refractivity contribution is 6.99. The van der Waals surface area contributed by atoms with E-state index in [-0.39, 0.29) is 11.6 Å². The number of aliphatic carboxylic acids is 1.